The molecule has 0 spiro atoms. The molecule has 0 aromatic carbocycles. The third kappa shape index (κ3) is 7.77. The predicted molar refractivity (Wildman–Crippen MR) is 67.6 cm³/mol. The van der Waals surface area contributed by atoms with Gasteiger partial charge in [0.25, 0.3) is 0 Å². The van der Waals surface area contributed by atoms with Crippen LogP contribution in [-0.4, -0.2) is 36.5 Å². The summed E-state index contributed by atoms with van der Waals surface area (Å²) in [6.45, 7) is 7.49. The van der Waals surface area contributed by atoms with E-state index in [2.05, 4.69) is 6.92 Å². The minimum absolute atomic E-state index is 0.144. The maximum absolute atomic E-state index is 11.8. The molecule has 0 aliphatic heterocycles. The Morgan fingerprint density at radius 1 is 1.00 bits per heavy atom. The monoisotopic (exact) mass is 243 g/mol. The predicted octanol–water partition coefficient (Wildman–Crippen LogP) is 2.37. The summed E-state index contributed by atoms with van der Waals surface area (Å²) in [4.78, 5) is 24.8. The van der Waals surface area contributed by atoms with Gasteiger partial charge in [-0.05, 0) is 19.8 Å². The van der Waals surface area contributed by atoms with Crippen LogP contribution in [0.2, 0.25) is 0 Å². The molecule has 0 aliphatic rings. The van der Waals surface area contributed by atoms with Gasteiger partial charge in [0.05, 0.1) is 13.0 Å². The minimum Gasteiger partial charge on any atom is -0.466 e. The fourth-order valence-electron chi connectivity index (χ4n) is 1.54. The second kappa shape index (κ2) is 10.1. The lowest BCUT2D eigenvalue weighted by Crippen LogP contribution is -2.33. The number of carbonyl (C=O) groups is 2. The number of nitrogens with zero attached hydrogens (tertiary/aromatic N) is 1. The van der Waals surface area contributed by atoms with Gasteiger partial charge in [0.2, 0.25) is 5.91 Å². The van der Waals surface area contributed by atoms with Gasteiger partial charge in [-0.2, -0.15) is 0 Å². The topological polar surface area (TPSA) is 46.6 Å². The maximum atomic E-state index is 11.8. The number of rotatable bonds is 9. The number of hydrogen-bond acceptors (Lipinski definition) is 3. The summed E-state index contributed by atoms with van der Waals surface area (Å²) in [5, 5.41) is 0. The Morgan fingerprint density at radius 3 is 2.24 bits per heavy atom. The van der Waals surface area contributed by atoms with Gasteiger partial charge in [0, 0.05) is 19.5 Å². The Kier molecular flexibility index (Phi) is 9.49. The highest BCUT2D eigenvalue weighted by Crippen LogP contribution is 2.03. The van der Waals surface area contributed by atoms with Gasteiger partial charge in [-0.3, -0.25) is 9.59 Å². The fraction of sp³-hybridized carbons (Fsp3) is 0.846. The lowest BCUT2D eigenvalue weighted by Gasteiger charge is -2.22. The van der Waals surface area contributed by atoms with Gasteiger partial charge >= 0.3 is 5.97 Å². The molecule has 0 heterocycles. The molecule has 0 saturated carbocycles. The Labute approximate surface area is 104 Å². The average molecular weight is 243 g/mol. The molecule has 0 radical (unpaired) electrons. The first kappa shape index (κ1) is 15.9. The normalized spacial score (nSPS) is 10.1. The molecular weight excluding hydrogens is 218 g/mol. The fourth-order valence-corrected chi connectivity index (χ4v) is 1.54. The highest BCUT2D eigenvalue weighted by Gasteiger charge is 2.13. The Bertz CT molecular complexity index is 229. The van der Waals surface area contributed by atoms with Gasteiger partial charge < -0.3 is 9.64 Å². The molecule has 0 N–H and O–H groups in total. The van der Waals surface area contributed by atoms with E-state index in [1.807, 2.05) is 6.92 Å². The average Bonchev–Trinajstić information content (AvgIpc) is 2.29. The molecule has 0 aromatic rings. The summed E-state index contributed by atoms with van der Waals surface area (Å²) in [5.74, 6) is -0.0801. The first-order valence-corrected chi connectivity index (χ1v) is 6.59. The first-order chi connectivity index (χ1) is 8.15. The molecule has 1 amide bonds. The zero-order valence-electron chi connectivity index (χ0n) is 11.3. The van der Waals surface area contributed by atoms with Crippen LogP contribution in [0.3, 0.4) is 0 Å². The molecule has 4 heteroatoms. The largest absolute Gasteiger partial charge is 0.466 e. The zero-order chi connectivity index (χ0) is 13.1. The van der Waals surface area contributed by atoms with Crippen LogP contribution in [0.25, 0.3) is 0 Å². The molecule has 0 aromatic heterocycles. The van der Waals surface area contributed by atoms with Crippen LogP contribution < -0.4 is 0 Å². The van der Waals surface area contributed by atoms with E-state index in [1.54, 1.807) is 11.8 Å². The molecule has 0 rings (SSSR count). The number of hydrogen-bond donors (Lipinski definition) is 0. The molecule has 0 atom stereocenters. The standard InChI is InChI=1S/C13H25NO3/c1-4-7-10-14(12(15)8-5-2)11-9-13(16)17-6-3/h4-11H2,1-3H3. The van der Waals surface area contributed by atoms with Gasteiger partial charge in [-0.25, -0.2) is 0 Å². The molecule has 0 unspecified atom stereocenters. The van der Waals surface area contributed by atoms with E-state index in [9.17, 15) is 9.59 Å². The number of ether oxygens (including phenoxy) is 1. The van der Waals surface area contributed by atoms with E-state index in [1.165, 1.54) is 0 Å². The SMILES string of the molecule is CCCCN(CCC(=O)OCC)C(=O)CCC. The molecule has 17 heavy (non-hydrogen) atoms. The molecule has 0 fully saturated rings. The molecule has 0 saturated heterocycles. The first-order valence-electron chi connectivity index (χ1n) is 6.59. The van der Waals surface area contributed by atoms with Crippen LogP contribution in [0.1, 0.15) is 52.9 Å². The number of esters is 1. The summed E-state index contributed by atoms with van der Waals surface area (Å²) in [6, 6.07) is 0. The van der Waals surface area contributed by atoms with E-state index in [-0.39, 0.29) is 11.9 Å². The van der Waals surface area contributed by atoms with E-state index in [4.69, 9.17) is 4.74 Å². The quantitative estimate of drug-likeness (QED) is 0.584. The van der Waals surface area contributed by atoms with Gasteiger partial charge in [0.15, 0.2) is 0 Å². The Balaban J connectivity index is 4.08. The smallest absolute Gasteiger partial charge is 0.307 e. The van der Waals surface area contributed by atoms with Crippen LogP contribution in [0, 0.1) is 0 Å². The van der Waals surface area contributed by atoms with Crippen LogP contribution >= 0.6 is 0 Å². The summed E-state index contributed by atoms with van der Waals surface area (Å²) in [7, 11) is 0. The lowest BCUT2D eigenvalue weighted by molar-refractivity contribution is -0.144. The molecule has 0 bridgehead atoms. The second-order valence-electron chi connectivity index (χ2n) is 4.04. The molecule has 0 aliphatic carbocycles. The van der Waals surface area contributed by atoms with Crippen LogP contribution in [0.5, 0.6) is 0 Å². The summed E-state index contributed by atoms with van der Waals surface area (Å²) in [6.07, 6.45) is 3.74. The molecule has 4 nitrogen and oxygen atoms in total. The Morgan fingerprint density at radius 2 is 1.71 bits per heavy atom. The van der Waals surface area contributed by atoms with Crippen molar-refractivity contribution in [2.45, 2.75) is 52.9 Å². The van der Waals surface area contributed by atoms with Gasteiger partial charge in [0.1, 0.15) is 0 Å². The van der Waals surface area contributed by atoms with Crippen molar-refractivity contribution in [1.82, 2.24) is 4.90 Å². The lowest BCUT2D eigenvalue weighted by atomic mass is 10.2. The van der Waals surface area contributed by atoms with E-state index in [0.29, 0.717) is 26.0 Å². The van der Waals surface area contributed by atoms with Crippen molar-refractivity contribution in [2.24, 2.45) is 0 Å². The number of amides is 1. The minimum atomic E-state index is -0.224. The third-order valence-electron chi connectivity index (χ3n) is 2.49. The maximum Gasteiger partial charge on any atom is 0.307 e. The second-order valence-corrected chi connectivity index (χ2v) is 4.04. The van der Waals surface area contributed by atoms with Gasteiger partial charge in [-0.1, -0.05) is 20.3 Å². The summed E-state index contributed by atoms with van der Waals surface area (Å²) >= 11 is 0. The van der Waals surface area contributed by atoms with Crippen molar-refractivity contribution in [3.8, 4) is 0 Å². The zero-order valence-corrected chi connectivity index (χ0v) is 11.3. The van der Waals surface area contributed by atoms with Crippen molar-refractivity contribution < 1.29 is 14.3 Å². The van der Waals surface area contributed by atoms with E-state index in [0.717, 1.165) is 25.8 Å². The third-order valence-corrected chi connectivity index (χ3v) is 2.49. The Hall–Kier alpha value is -1.06. The molecule has 100 valence electrons. The highest BCUT2D eigenvalue weighted by atomic mass is 16.5. The van der Waals surface area contributed by atoms with Crippen LogP contribution in [-0.2, 0) is 14.3 Å². The highest BCUT2D eigenvalue weighted by molar-refractivity contribution is 5.77. The van der Waals surface area contributed by atoms with E-state index >= 15 is 0 Å². The number of carbonyl (C=O) groups excluding carboxylic acids is 2. The van der Waals surface area contributed by atoms with Crippen molar-refractivity contribution in [1.29, 1.82) is 0 Å². The summed E-state index contributed by atoms with van der Waals surface area (Å²) in [5.41, 5.74) is 0. The van der Waals surface area contributed by atoms with Crippen LogP contribution in [0.4, 0.5) is 0 Å². The van der Waals surface area contributed by atoms with Crippen molar-refractivity contribution in [2.75, 3.05) is 19.7 Å². The van der Waals surface area contributed by atoms with E-state index < -0.39 is 0 Å². The van der Waals surface area contributed by atoms with Crippen molar-refractivity contribution in [3.63, 3.8) is 0 Å². The number of unbranched alkanes of at least 4 members (excludes halogenated alkanes) is 1. The summed E-state index contributed by atoms with van der Waals surface area (Å²) < 4.78 is 4.86. The van der Waals surface area contributed by atoms with Crippen molar-refractivity contribution >= 4 is 11.9 Å². The van der Waals surface area contributed by atoms with Gasteiger partial charge in [-0.15, -0.1) is 0 Å². The van der Waals surface area contributed by atoms with Crippen LogP contribution in [0.15, 0.2) is 0 Å². The van der Waals surface area contributed by atoms with Crippen molar-refractivity contribution in [3.05, 3.63) is 0 Å². The molecular formula is C13H25NO3.